The zero-order valence-electron chi connectivity index (χ0n) is 10.8. The van der Waals surface area contributed by atoms with Crippen molar-refractivity contribution in [2.45, 2.75) is 12.5 Å². The average Bonchev–Trinajstić information content (AvgIpc) is 2.37. The Labute approximate surface area is 129 Å². The number of amides is 1. The Kier molecular flexibility index (Phi) is 4.29. The van der Waals surface area contributed by atoms with Crippen LogP contribution in [0.4, 0.5) is 9.18 Å². The molecule has 1 aromatic carbocycles. The SMILES string of the molecule is C[C@](OC(N)=O)(c1ccc(F)cc1)c1nc(Cl)cc(Cl)n1. The second-order valence-corrected chi connectivity index (χ2v) is 5.07. The smallest absolute Gasteiger partial charge is 0.405 e. The van der Waals surface area contributed by atoms with Crippen LogP contribution in [-0.2, 0) is 10.3 Å². The van der Waals surface area contributed by atoms with Crippen molar-refractivity contribution in [2.75, 3.05) is 0 Å². The molecule has 0 saturated carbocycles. The summed E-state index contributed by atoms with van der Waals surface area (Å²) >= 11 is 11.7. The Morgan fingerprint density at radius 1 is 1.24 bits per heavy atom. The van der Waals surface area contributed by atoms with Crippen LogP contribution in [0.3, 0.4) is 0 Å². The molecule has 0 aliphatic rings. The molecule has 0 bridgehead atoms. The Hall–Kier alpha value is -1.92. The molecule has 0 unspecified atom stereocenters. The molecule has 5 nitrogen and oxygen atoms in total. The molecule has 21 heavy (non-hydrogen) atoms. The van der Waals surface area contributed by atoms with Crippen LogP contribution < -0.4 is 5.73 Å². The zero-order chi connectivity index (χ0) is 15.6. The minimum absolute atomic E-state index is 0.0328. The molecule has 1 atom stereocenters. The predicted molar refractivity (Wildman–Crippen MR) is 75.6 cm³/mol. The number of halogens is 3. The Bertz CT molecular complexity index is 661. The van der Waals surface area contributed by atoms with Crippen LogP contribution in [0.1, 0.15) is 18.3 Å². The summed E-state index contributed by atoms with van der Waals surface area (Å²) in [4.78, 5) is 19.2. The highest BCUT2D eigenvalue weighted by atomic mass is 35.5. The van der Waals surface area contributed by atoms with Crippen molar-refractivity contribution >= 4 is 29.3 Å². The number of rotatable bonds is 3. The molecule has 1 aromatic heterocycles. The van der Waals surface area contributed by atoms with Gasteiger partial charge in [-0.15, -0.1) is 0 Å². The van der Waals surface area contributed by atoms with Crippen molar-refractivity contribution in [1.82, 2.24) is 9.97 Å². The Morgan fingerprint density at radius 3 is 2.24 bits per heavy atom. The number of hydrogen-bond donors (Lipinski definition) is 1. The van der Waals surface area contributed by atoms with E-state index in [2.05, 4.69) is 9.97 Å². The third-order valence-electron chi connectivity index (χ3n) is 2.79. The fourth-order valence-corrected chi connectivity index (χ4v) is 2.23. The van der Waals surface area contributed by atoms with E-state index in [1.54, 1.807) is 0 Å². The monoisotopic (exact) mass is 329 g/mol. The molecule has 0 aliphatic heterocycles. The average molecular weight is 330 g/mol. The number of carbonyl (C=O) groups is 1. The van der Waals surface area contributed by atoms with E-state index in [1.165, 1.54) is 37.3 Å². The number of primary amides is 1. The summed E-state index contributed by atoms with van der Waals surface area (Å²) < 4.78 is 18.2. The van der Waals surface area contributed by atoms with Crippen molar-refractivity contribution in [2.24, 2.45) is 5.73 Å². The lowest BCUT2D eigenvalue weighted by Crippen LogP contribution is -2.35. The molecule has 0 saturated heterocycles. The lowest BCUT2D eigenvalue weighted by atomic mass is 9.94. The molecule has 0 spiro atoms. The van der Waals surface area contributed by atoms with Crippen LogP contribution in [0.15, 0.2) is 30.3 Å². The lowest BCUT2D eigenvalue weighted by Gasteiger charge is -2.27. The first kappa shape index (κ1) is 15.5. The van der Waals surface area contributed by atoms with Gasteiger partial charge in [0.25, 0.3) is 0 Å². The van der Waals surface area contributed by atoms with Gasteiger partial charge in [0.15, 0.2) is 11.4 Å². The molecule has 2 N–H and O–H groups in total. The molecule has 2 aromatic rings. The highest BCUT2D eigenvalue weighted by Gasteiger charge is 2.36. The highest BCUT2D eigenvalue weighted by molar-refractivity contribution is 6.33. The molecule has 0 aliphatic carbocycles. The minimum Gasteiger partial charge on any atom is -0.430 e. The third-order valence-corrected chi connectivity index (χ3v) is 3.18. The summed E-state index contributed by atoms with van der Waals surface area (Å²) in [6.45, 7) is 1.51. The summed E-state index contributed by atoms with van der Waals surface area (Å²) in [6.07, 6.45) is -1.04. The van der Waals surface area contributed by atoms with Crippen molar-refractivity contribution in [3.05, 3.63) is 57.8 Å². The van der Waals surface area contributed by atoms with Gasteiger partial charge in [-0.3, -0.25) is 0 Å². The number of nitrogens with zero attached hydrogens (tertiary/aromatic N) is 2. The molecule has 110 valence electrons. The quantitative estimate of drug-likeness (QED) is 0.876. The summed E-state index contributed by atoms with van der Waals surface area (Å²) in [5, 5.41) is 0.151. The first-order valence-corrected chi connectivity index (χ1v) is 6.52. The molecule has 1 amide bonds. The number of ether oxygens (including phenoxy) is 1. The molecular formula is C13H10Cl2FN3O2. The summed E-state index contributed by atoms with van der Waals surface area (Å²) in [7, 11) is 0. The number of hydrogen-bond acceptors (Lipinski definition) is 4. The van der Waals surface area contributed by atoms with E-state index in [0.29, 0.717) is 5.56 Å². The molecule has 8 heteroatoms. The minimum atomic E-state index is -1.45. The van der Waals surface area contributed by atoms with Gasteiger partial charge in [0.1, 0.15) is 16.1 Å². The number of aromatic nitrogens is 2. The second kappa shape index (κ2) is 5.83. The fourth-order valence-electron chi connectivity index (χ4n) is 1.81. The van der Waals surface area contributed by atoms with Crippen LogP contribution in [0.25, 0.3) is 0 Å². The van der Waals surface area contributed by atoms with Crippen LogP contribution >= 0.6 is 23.2 Å². The Morgan fingerprint density at radius 2 is 1.76 bits per heavy atom. The lowest BCUT2D eigenvalue weighted by molar-refractivity contribution is 0.0530. The van der Waals surface area contributed by atoms with Crippen LogP contribution in [0.2, 0.25) is 10.3 Å². The van der Waals surface area contributed by atoms with E-state index in [9.17, 15) is 9.18 Å². The molecule has 1 heterocycles. The molecule has 0 radical (unpaired) electrons. The maximum absolute atomic E-state index is 13.1. The fraction of sp³-hybridized carbons (Fsp3) is 0.154. The van der Waals surface area contributed by atoms with Crippen molar-refractivity contribution < 1.29 is 13.9 Å². The van der Waals surface area contributed by atoms with E-state index in [0.717, 1.165) is 0 Å². The predicted octanol–water partition coefficient (Wildman–Crippen LogP) is 3.28. The Balaban J connectivity index is 2.60. The maximum atomic E-state index is 13.1. The number of nitrogens with two attached hydrogens (primary N) is 1. The van der Waals surface area contributed by atoms with Gasteiger partial charge in [-0.2, -0.15) is 0 Å². The van der Waals surface area contributed by atoms with Gasteiger partial charge in [0, 0.05) is 11.6 Å². The van der Waals surface area contributed by atoms with E-state index < -0.39 is 17.5 Å². The molecular weight excluding hydrogens is 320 g/mol. The third kappa shape index (κ3) is 3.40. The van der Waals surface area contributed by atoms with Gasteiger partial charge in [-0.05, 0) is 19.1 Å². The largest absolute Gasteiger partial charge is 0.430 e. The van der Waals surface area contributed by atoms with Gasteiger partial charge >= 0.3 is 6.09 Å². The summed E-state index contributed by atoms with van der Waals surface area (Å²) in [6, 6.07) is 6.61. The van der Waals surface area contributed by atoms with E-state index in [4.69, 9.17) is 33.7 Å². The van der Waals surface area contributed by atoms with E-state index in [-0.39, 0.29) is 16.1 Å². The highest BCUT2D eigenvalue weighted by Crippen LogP contribution is 2.32. The van der Waals surface area contributed by atoms with Gasteiger partial charge in [-0.25, -0.2) is 19.2 Å². The first-order chi connectivity index (χ1) is 9.81. The van der Waals surface area contributed by atoms with Gasteiger partial charge < -0.3 is 10.5 Å². The van der Waals surface area contributed by atoms with Gasteiger partial charge in [0.2, 0.25) is 0 Å². The van der Waals surface area contributed by atoms with Crippen molar-refractivity contribution in [1.29, 1.82) is 0 Å². The standard InChI is InChI=1S/C13H10Cl2FN3O2/c1-13(21-12(17)20,7-2-4-8(16)5-3-7)11-18-9(14)6-10(15)19-11/h2-6H,1H3,(H2,17,20)/t13-/m0/s1. The van der Waals surface area contributed by atoms with Gasteiger partial charge in [0.05, 0.1) is 0 Å². The molecule has 2 rings (SSSR count). The molecule has 0 fully saturated rings. The van der Waals surface area contributed by atoms with Crippen LogP contribution in [0, 0.1) is 5.82 Å². The number of carbonyl (C=O) groups excluding carboxylic acids is 1. The number of benzene rings is 1. The maximum Gasteiger partial charge on any atom is 0.405 e. The van der Waals surface area contributed by atoms with E-state index in [1.807, 2.05) is 0 Å². The first-order valence-electron chi connectivity index (χ1n) is 5.76. The summed E-state index contributed by atoms with van der Waals surface area (Å²) in [5.74, 6) is -0.407. The van der Waals surface area contributed by atoms with Crippen molar-refractivity contribution in [3.63, 3.8) is 0 Å². The van der Waals surface area contributed by atoms with Gasteiger partial charge in [-0.1, -0.05) is 35.3 Å². The van der Waals surface area contributed by atoms with E-state index >= 15 is 0 Å². The van der Waals surface area contributed by atoms with Crippen LogP contribution in [-0.4, -0.2) is 16.1 Å². The second-order valence-electron chi connectivity index (χ2n) is 4.30. The van der Waals surface area contributed by atoms with Crippen molar-refractivity contribution in [3.8, 4) is 0 Å². The normalized spacial score (nSPS) is 13.5. The summed E-state index contributed by atoms with van der Waals surface area (Å²) in [5.41, 5.74) is 4.07. The topological polar surface area (TPSA) is 78.1 Å². The zero-order valence-corrected chi connectivity index (χ0v) is 12.3. The van der Waals surface area contributed by atoms with Crippen LogP contribution in [0.5, 0.6) is 0 Å².